The fourth-order valence-electron chi connectivity index (χ4n) is 2.11. The lowest BCUT2D eigenvalue weighted by molar-refractivity contribution is 0.196. The van der Waals surface area contributed by atoms with Crippen LogP contribution in [-0.2, 0) is 0 Å². The number of benzene rings is 1. The predicted molar refractivity (Wildman–Crippen MR) is 59.9 cm³/mol. The van der Waals surface area contributed by atoms with Crippen molar-refractivity contribution < 1.29 is 14.6 Å². The van der Waals surface area contributed by atoms with Gasteiger partial charge >= 0.3 is 0 Å². The van der Waals surface area contributed by atoms with Gasteiger partial charge in [-0.05, 0) is 31.5 Å². The predicted octanol–water partition coefficient (Wildman–Crippen LogP) is 1.45. The normalized spacial score (nSPS) is 22.5. The standard InChI is InChI=1S/C12H16FNO2/c1-8(15)11-6-9(13)2-3-12(11)14-5-4-10(16)7-14/h2-3,6,8,10,15-16H,4-5,7H2,1H3/t8-,10?/m0/s1. The summed E-state index contributed by atoms with van der Waals surface area (Å²) in [6, 6.07) is 4.39. The lowest BCUT2D eigenvalue weighted by Crippen LogP contribution is -2.22. The molecule has 0 bridgehead atoms. The maximum atomic E-state index is 13.1. The summed E-state index contributed by atoms with van der Waals surface area (Å²) in [4.78, 5) is 1.98. The number of anilines is 1. The first-order chi connectivity index (χ1) is 7.58. The van der Waals surface area contributed by atoms with E-state index in [-0.39, 0.29) is 11.9 Å². The van der Waals surface area contributed by atoms with Crippen LogP contribution in [0.15, 0.2) is 18.2 Å². The van der Waals surface area contributed by atoms with Gasteiger partial charge in [0.05, 0.1) is 12.2 Å². The lowest BCUT2D eigenvalue weighted by Gasteiger charge is -2.22. The van der Waals surface area contributed by atoms with Crippen molar-refractivity contribution in [2.24, 2.45) is 0 Å². The minimum atomic E-state index is -0.705. The molecule has 1 unspecified atom stereocenters. The number of nitrogens with zero attached hydrogens (tertiary/aromatic N) is 1. The molecule has 0 aromatic heterocycles. The largest absolute Gasteiger partial charge is 0.391 e. The van der Waals surface area contributed by atoms with E-state index in [2.05, 4.69) is 0 Å². The molecule has 1 fully saturated rings. The van der Waals surface area contributed by atoms with Crippen LogP contribution < -0.4 is 4.90 Å². The van der Waals surface area contributed by atoms with Crippen LogP contribution in [0, 0.1) is 5.82 Å². The van der Waals surface area contributed by atoms with Gasteiger partial charge in [-0.15, -0.1) is 0 Å². The molecule has 0 spiro atoms. The van der Waals surface area contributed by atoms with E-state index in [0.717, 1.165) is 18.7 Å². The van der Waals surface area contributed by atoms with E-state index < -0.39 is 6.10 Å². The number of β-amino-alcohol motifs (C(OH)–C–C–N with tert-alkyl or cyclic N) is 1. The highest BCUT2D eigenvalue weighted by atomic mass is 19.1. The second-order valence-electron chi connectivity index (χ2n) is 4.27. The maximum absolute atomic E-state index is 13.1. The van der Waals surface area contributed by atoms with Crippen molar-refractivity contribution in [1.82, 2.24) is 0 Å². The van der Waals surface area contributed by atoms with Crippen molar-refractivity contribution in [1.29, 1.82) is 0 Å². The van der Waals surface area contributed by atoms with E-state index in [0.29, 0.717) is 12.1 Å². The summed E-state index contributed by atoms with van der Waals surface area (Å²) >= 11 is 0. The Bertz CT molecular complexity index is 381. The van der Waals surface area contributed by atoms with Gasteiger partial charge in [-0.25, -0.2) is 4.39 Å². The molecule has 0 aliphatic carbocycles. The number of halogens is 1. The Labute approximate surface area is 94.1 Å². The average molecular weight is 225 g/mol. The van der Waals surface area contributed by atoms with Gasteiger partial charge in [-0.1, -0.05) is 0 Å². The summed E-state index contributed by atoms with van der Waals surface area (Å²) in [7, 11) is 0. The Kier molecular flexibility index (Phi) is 3.12. The van der Waals surface area contributed by atoms with Gasteiger partial charge in [0.25, 0.3) is 0 Å². The van der Waals surface area contributed by atoms with Crippen LogP contribution in [0.4, 0.5) is 10.1 Å². The number of hydrogen-bond acceptors (Lipinski definition) is 3. The van der Waals surface area contributed by atoms with Gasteiger partial charge in [0, 0.05) is 24.3 Å². The molecule has 2 rings (SSSR count). The van der Waals surface area contributed by atoms with E-state index in [1.807, 2.05) is 4.90 Å². The fraction of sp³-hybridized carbons (Fsp3) is 0.500. The van der Waals surface area contributed by atoms with E-state index in [1.54, 1.807) is 13.0 Å². The van der Waals surface area contributed by atoms with Gasteiger partial charge in [0.15, 0.2) is 0 Å². The van der Waals surface area contributed by atoms with Gasteiger partial charge < -0.3 is 15.1 Å². The van der Waals surface area contributed by atoms with Crippen molar-refractivity contribution >= 4 is 5.69 Å². The number of rotatable bonds is 2. The van der Waals surface area contributed by atoms with Crippen LogP contribution in [0.25, 0.3) is 0 Å². The van der Waals surface area contributed by atoms with E-state index in [1.165, 1.54) is 12.1 Å². The van der Waals surface area contributed by atoms with Gasteiger partial charge in [-0.3, -0.25) is 0 Å². The third-order valence-corrected chi connectivity index (χ3v) is 2.94. The van der Waals surface area contributed by atoms with Crippen LogP contribution in [-0.4, -0.2) is 29.4 Å². The van der Waals surface area contributed by atoms with Crippen molar-refractivity contribution in [2.45, 2.75) is 25.6 Å². The molecule has 16 heavy (non-hydrogen) atoms. The van der Waals surface area contributed by atoms with Crippen LogP contribution in [0.3, 0.4) is 0 Å². The van der Waals surface area contributed by atoms with Crippen LogP contribution in [0.2, 0.25) is 0 Å². The third-order valence-electron chi connectivity index (χ3n) is 2.94. The second-order valence-corrected chi connectivity index (χ2v) is 4.27. The first-order valence-corrected chi connectivity index (χ1v) is 5.48. The zero-order valence-electron chi connectivity index (χ0n) is 9.23. The van der Waals surface area contributed by atoms with Crippen molar-refractivity contribution in [3.8, 4) is 0 Å². The van der Waals surface area contributed by atoms with E-state index in [4.69, 9.17) is 0 Å². The first kappa shape index (κ1) is 11.4. The molecule has 1 aromatic carbocycles. The molecule has 0 amide bonds. The SMILES string of the molecule is C[C@H](O)c1cc(F)ccc1N1CCC(O)C1. The highest BCUT2D eigenvalue weighted by Crippen LogP contribution is 2.29. The zero-order valence-corrected chi connectivity index (χ0v) is 9.23. The van der Waals surface area contributed by atoms with Crippen LogP contribution >= 0.6 is 0 Å². The monoisotopic (exact) mass is 225 g/mol. The van der Waals surface area contributed by atoms with E-state index >= 15 is 0 Å². The Morgan fingerprint density at radius 2 is 2.25 bits per heavy atom. The topological polar surface area (TPSA) is 43.7 Å². The Hall–Kier alpha value is -1.13. The van der Waals surface area contributed by atoms with Gasteiger partial charge in [-0.2, -0.15) is 0 Å². The summed E-state index contributed by atoms with van der Waals surface area (Å²) in [5.41, 5.74) is 1.39. The highest BCUT2D eigenvalue weighted by molar-refractivity contribution is 5.55. The van der Waals surface area contributed by atoms with Crippen LogP contribution in [0.1, 0.15) is 25.0 Å². The third kappa shape index (κ3) is 2.18. The summed E-state index contributed by atoms with van der Waals surface area (Å²) in [5.74, 6) is -0.348. The Morgan fingerprint density at radius 1 is 1.50 bits per heavy atom. The lowest BCUT2D eigenvalue weighted by atomic mass is 10.1. The molecule has 0 saturated carbocycles. The zero-order chi connectivity index (χ0) is 11.7. The number of aliphatic hydroxyl groups excluding tert-OH is 2. The first-order valence-electron chi connectivity index (χ1n) is 5.48. The summed E-state index contributed by atoms with van der Waals surface area (Å²) < 4.78 is 13.1. The molecule has 1 aliphatic rings. The molecule has 2 atom stereocenters. The number of hydrogen-bond donors (Lipinski definition) is 2. The quantitative estimate of drug-likeness (QED) is 0.800. The summed E-state index contributed by atoms with van der Waals surface area (Å²) in [5, 5.41) is 19.1. The molecule has 1 aromatic rings. The Morgan fingerprint density at radius 3 is 2.81 bits per heavy atom. The average Bonchev–Trinajstić information content (AvgIpc) is 2.64. The molecular formula is C12H16FNO2. The molecule has 2 N–H and O–H groups in total. The fourth-order valence-corrected chi connectivity index (χ4v) is 2.11. The van der Waals surface area contributed by atoms with Gasteiger partial charge in [0.1, 0.15) is 5.82 Å². The summed E-state index contributed by atoms with van der Waals surface area (Å²) in [6.07, 6.45) is -0.313. The van der Waals surface area contributed by atoms with Gasteiger partial charge in [0.2, 0.25) is 0 Å². The minimum absolute atomic E-state index is 0.327. The molecule has 1 aliphatic heterocycles. The minimum Gasteiger partial charge on any atom is -0.391 e. The second kappa shape index (κ2) is 4.39. The highest BCUT2D eigenvalue weighted by Gasteiger charge is 2.23. The van der Waals surface area contributed by atoms with Crippen molar-refractivity contribution in [2.75, 3.05) is 18.0 Å². The summed E-state index contributed by atoms with van der Waals surface area (Å²) in [6.45, 7) is 2.91. The van der Waals surface area contributed by atoms with Crippen LogP contribution in [0.5, 0.6) is 0 Å². The smallest absolute Gasteiger partial charge is 0.123 e. The van der Waals surface area contributed by atoms with Crippen molar-refractivity contribution in [3.05, 3.63) is 29.6 Å². The molecule has 1 saturated heterocycles. The van der Waals surface area contributed by atoms with E-state index in [9.17, 15) is 14.6 Å². The Balaban J connectivity index is 2.32. The molecule has 3 nitrogen and oxygen atoms in total. The molecular weight excluding hydrogens is 209 g/mol. The molecule has 1 heterocycles. The molecule has 88 valence electrons. The number of aliphatic hydroxyl groups is 2. The molecule has 4 heteroatoms. The molecule has 0 radical (unpaired) electrons. The van der Waals surface area contributed by atoms with Crippen molar-refractivity contribution in [3.63, 3.8) is 0 Å². The maximum Gasteiger partial charge on any atom is 0.123 e.